The summed E-state index contributed by atoms with van der Waals surface area (Å²) in [6.45, 7) is 4.58. The van der Waals surface area contributed by atoms with Crippen molar-refractivity contribution < 1.29 is 13.2 Å². The molecular formula is C26H28N4O3S2. The summed E-state index contributed by atoms with van der Waals surface area (Å²) in [4.78, 5) is 0.208. The highest BCUT2D eigenvalue weighted by Gasteiger charge is 2.21. The first-order valence-electron chi connectivity index (χ1n) is 11.1. The molecule has 3 aromatic carbocycles. The van der Waals surface area contributed by atoms with E-state index >= 15 is 0 Å². The number of benzene rings is 3. The van der Waals surface area contributed by atoms with Gasteiger partial charge in [-0.1, -0.05) is 48.2 Å². The van der Waals surface area contributed by atoms with Crippen LogP contribution in [0.2, 0.25) is 0 Å². The van der Waals surface area contributed by atoms with Crippen molar-refractivity contribution in [2.24, 2.45) is 0 Å². The number of sulfonamides is 1. The SMILES string of the molecule is Cc1cccc(OCCSc2nnc(-c3cccc(S(=O)(=O)N(C)C)c3)n2-c2cccc(C)c2)c1. The third-order valence-electron chi connectivity index (χ3n) is 5.34. The lowest BCUT2D eigenvalue weighted by molar-refractivity contribution is 0.343. The van der Waals surface area contributed by atoms with Gasteiger partial charge in [-0.15, -0.1) is 10.2 Å². The Bertz CT molecular complexity index is 1430. The Hall–Kier alpha value is -3.14. The van der Waals surface area contributed by atoms with Gasteiger partial charge in [-0.3, -0.25) is 4.57 Å². The van der Waals surface area contributed by atoms with Crippen LogP contribution in [0.15, 0.2) is 82.8 Å². The lowest BCUT2D eigenvalue weighted by Gasteiger charge is -2.14. The largest absolute Gasteiger partial charge is 0.493 e. The highest BCUT2D eigenvalue weighted by atomic mass is 32.2. The summed E-state index contributed by atoms with van der Waals surface area (Å²) >= 11 is 1.54. The van der Waals surface area contributed by atoms with Gasteiger partial charge in [-0.05, 0) is 61.4 Å². The van der Waals surface area contributed by atoms with E-state index in [-0.39, 0.29) is 4.90 Å². The third-order valence-corrected chi connectivity index (χ3v) is 8.04. The first kappa shape index (κ1) is 25.0. The molecule has 1 heterocycles. The fourth-order valence-corrected chi connectivity index (χ4v) is 5.27. The Kier molecular flexibility index (Phi) is 7.59. The Morgan fingerprint density at radius 2 is 1.63 bits per heavy atom. The number of nitrogens with zero attached hydrogens (tertiary/aromatic N) is 4. The molecule has 1 aromatic heterocycles. The second kappa shape index (κ2) is 10.6. The van der Waals surface area contributed by atoms with Crippen molar-refractivity contribution in [1.29, 1.82) is 0 Å². The zero-order valence-electron chi connectivity index (χ0n) is 20.2. The zero-order chi connectivity index (χ0) is 25.0. The molecule has 0 aliphatic heterocycles. The van der Waals surface area contributed by atoms with Crippen molar-refractivity contribution in [2.75, 3.05) is 26.5 Å². The van der Waals surface area contributed by atoms with Crippen LogP contribution in [0.3, 0.4) is 0 Å². The molecule has 4 aromatic rings. The predicted octanol–water partition coefficient (Wildman–Crippen LogP) is 4.97. The van der Waals surface area contributed by atoms with Crippen molar-refractivity contribution in [3.63, 3.8) is 0 Å². The molecule has 0 atom stereocenters. The Morgan fingerprint density at radius 1 is 0.914 bits per heavy atom. The molecule has 0 aliphatic carbocycles. The van der Waals surface area contributed by atoms with E-state index in [1.54, 1.807) is 18.2 Å². The summed E-state index contributed by atoms with van der Waals surface area (Å²) in [6.07, 6.45) is 0. The maximum absolute atomic E-state index is 12.7. The molecule has 35 heavy (non-hydrogen) atoms. The topological polar surface area (TPSA) is 77.3 Å². The van der Waals surface area contributed by atoms with Crippen LogP contribution in [0, 0.1) is 13.8 Å². The minimum absolute atomic E-state index is 0.208. The van der Waals surface area contributed by atoms with E-state index in [0.717, 1.165) is 22.6 Å². The molecule has 0 N–H and O–H groups in total. The highest BCUT2D eigenvalue weighted by Crippen LogP contribution is 2.30. The van der Waals surface area contributed by atoms with E-state index in [9.17, 15) is 8.42 Å². The van der Waals surface area contributed by atoms with Crippen molar-refractivity contribution >= 4 is 21.8 Å². The molecule has 182 valence electrons. The summed E-state index contributed by atoms with van der Waals surface area (Å²) in [7, 11) is -0.540. The Labute approximate surface area is 210 Å². The van der Waals surface area contributed by atoms with Gasteiger partial charge in [0.1, 0.15) is 5.75 Å². The molecule has 0 saturated carbocycles. The number of hydrogen-bond acceptors (Lipinski definition) is 6. The summed E-state index contributed by atoms with van der Waals surface area (Å²) in [6, 6.07) is 22.8. The molecule has 0 amide bonds. The number of aryl methyl sites for hydroxylation is 2. The van der Waals surface area contributed by atoms with Gasteiger partial charge in [0.2, 0.25) is 10.0 Å². The number of aromatic nitrogens is 3. The highest BCUT2D eigenvalue weighted by molar-refractivity contribution is 7.99. The summed E-state index contributed by atoms with van der Waals surface area (Å²) in [5, 5.41) is 9.60. The number of ether oxygens (including phenoxy) is 1. The predicted molar refractivity (Wildman–Crippen MR) is 140 cm³/mol. The quantitative estimate of drug-likeness (QED) is 0.235. The van der Waals surface area contributed by atoms with Crippen molar-refractivity contribution in [1.82, 2.24) is 19.1 Å². The number of thioether (sulfide) groups is 1. The molecule has 0 saturated heterocycles. The molecule has 7 nitrogen and oxygen atoms in total. The lowest BCUT2D eigenvalue weighted by Crippen LogP contribution is -2.22. The Morgan fingerprint density at radius 3 is 2.34 bits per heavy atom. The van der Waals surface area contributed by atoms with Crippen LogP contribution in [0.5, 0.6) is 5.75 Å². The number of rotatable bonds is 9. The molecular weight excluding hydrogens is 480 g/mol. The standard InChI is InChI=1S/C26H28N4O3S2/c1-19-8-5-11-22(16-19)30-25(21-10-7-13-24(18-21)35(31,32)29(3)4)27-28-26(30)34-15-14-33-23-12-6-9-20(2)17-23/h5-13,16-18H,14-15H2,1-4H3. The normalized spacial score (nSPS) is 11.7. The first-order valence-corrected chi connectivity index (χ1v) is 13.6. The molecule has 0 bridgehead atoms. The third kappa shape index (κ3) is 5.75. The van der Waals surface area contributed by atoms with E-state index < -0.39 is 10.0 Å². The van der Waals surface area contributed by atoms with Crippen LogP contribution in [0.1, 0.15) is 11.1 Å². The minimum atomic E-state index is -3.58. The average molecular weight is 509 g/mol. The zero-order valence-corrected chi connectivity index (χ0v) is 21.8. The van der Waals surface area contributed by atoms with E-state index in [0.29, 0.717) is 28.9 Å². The van der Waals surface area contributed by atoms with E-state index in [4.69, 9.17) is 4.74 Å². The van der Waals surface area contributed by atoms with E-state index in [1.807, 2.05) is 66.9 Å². The second-order valence-corrected chi connectivity index (χ2v) is 11.5. The van der Waals surface area contributed by atoms with Crippen molar-refractivity contribution in [2.45, 2.75) is 23.9 Å². The lowest BCUT2D eigenvalue weighted by atomic mass is 10.2. The van der Waals surface area contributed by atoms with Crippen LogP contribution in [0.25, 0.3) is 17.1 Å². The molecule has 9 heteroatoms. The number of hydrogen-bond donors (Lipinski definition) is 0. The smallest absolute Gasteiger partial charge is 0.242 e. The van der Waals surface area contributed by atoms with Gasteiger partial charge >= 0.3 is 0 Å². The monoisotopic (exact) mass is 508 g/mol. The van der Waals surface area contributed by atoms with Gasteiger partial charge in [-0.2, -0.15) is 0 Å². The summed E-state index contributed by atoms with van der Waals surface area (Å²) < 4.78 is 34.5. The van der Waals surface area contributed by atoms with E-state index in [1.165, 1.54) is 30.2 Å². The van der Waals surface area contributed by atoms with Crippen LogP contribution in [0.4, 0.5) is 0 Å². The maximum atomic E-state index is 12.7. The van der Waals surface area contributed by atoms with Crippen LogP contribution in [-0.2, 0) is 10.0 Å². The molecule has 0 unspecified atom stereocenters. The van der Waals surface area contributed by atoms with Gasteiger partial charge in [0.15, 0.2) is 11.0 Å². The van der Waals surface area contributed by atoms with Gasteiger partial charge in [-0.25, -0.2) is 12.7 Å². The Balaban J connectivity index is 1.65. The molecule has 0 aliphatic rings. The van der Waals surface area contributed by atoms with Crippen LogP contribution < -0.4 is 4.74 Å². The second-order valence-electron chi connectivity index (χ2n) is 8.31. The summed E-state index contributed by atoms with van der Waals surface area (Å²) in [5.41, 5.74) is 3.83. The summed E-state index contributed by atoms with van der Waals surface area (Å²) in [5.74, 6) is 2.09. The van der Waals surface area contributed by atoms with Gasteiger partial charge in [0.25, 0.3) is 0 Å². The van der Waals surface area contributed by atoms with Gasteiger partial charge < -0.3 is 4.74 Å². The van der Waals surface area contributed by atoms with Crippen molar-refractivity contribution in [3.05, 3.63) is 83.9 Å². The molecule has 0 radical (unpaired) electrons. The van der Waals surface area contributed by atoms with Gasteiger partial charge in [0, 0.05) is 31.1 Å². The average Bonchev–Trinajstić information content (AvgIpc) is 3.26. The van der Waals surface area contributed by atoms with E-state index in [2.05, 4.69) is 16.3 Å². The molecule has 4 rings (SSSR count). The maximum Gasteiger partial charge on any atom is 0.242 e. The van der Waals surface area contributed by atoms with Crippen LogP contribution in [-0.4, -0.2) is 53.9 Å². The van der Waals surface area contributed by atoms with Crippen LogP contribution >= 0.6 is 11.8 Å². The van der Waals surface area contributed by atoms with Crippen molar-refractivity contribution in [3.8, 4) is 22.8 Å². The fraction of sp³-hybridized carbons (Fsp3) is 0.231. The molecule has 0 fully saturated rings. The molecule has 0 spiro atoms. The fourth-order valence-electron chi connectivity index (χ4n) is 3.55. The van der Waals surface area contributed by atoms with Gasteiger partial charge in [0.05, 0.1) is 11.5 Å². The minimum Gasteiger partial charge on any atom is -0.493 e. The first-order chi connectivity index (χ1) is 16.8.